The lowest BCUT2D eigenvalue weighted by molar-refractivity contribution is 0.0730. The maximum Gasteiger partial charge on any atom is 0.251 e. The fourth-order valence-electron chi connectivity index (χ4n) is 3.94. The Kier molecular flexibility index (Phi) is 6.89. The summed E-state index contributed by atoms with van der Waals surface area (Å²) in [7, 11) is -3.57. The van der Waals surface area contributed by atoms with Crippen molar-refractivity contribution in [1.29, 1.82) is 0 Å². The van der Waals surface area contributed by atoms with Crippen LogP contribution in [0.15, 0.2) is 53.4 Å². The number of carbonyl (C=O) groups excluding carboxylic acids is 1. The first-order chi connectivity index (χ1) is 15.0. The fourth-order valence-corrected chi connectivity index (χ4v) is 5.35. The number of carbonyl (C=O) groups is 1. The van der Waals surface area contributed by atoms with E-state index in [1.165, 1.54) is 29.3 Å². The average Bonchev–Trinajstić information content (AvgIpc) is 3.32. The molecule has 0 aromatic heterocycles. The summed E-state index contributed by atoms with van der Waals surface area (Å²) in [6.07, 6.45) is 4.78. The maximum atomic E-state index is 12.7. The van der Waals surface area contributed by atoms with E-state index < -0.39 is 10.0 Å². The molecule has 2 aliphatic rings. The van der Waals surface area contributed by atoms with Crippen molar-refractivity contribution in [3.63, 3.8) is 0 Å². The van der Waals surface area contributed by atoms with Crippen molar-refractivity contribution in [1.82, 2.24) is 9.62 Å². The number of nitrogens with one attached hydrogen (secondary N) is 1. The second-order valence-corrected chi connectivity index (χ2v) is 9.79. The molecule has 8 heteroatoms. The van der Waals surface area contributed by atoms with Gasteiger partial charge in [0.25, 0.3) is 5.91 Å². The molecule has 0 radical (unpaired) electrons. The molecule has 2 fully saturated rings. The smallest absolute Gasteiger partial charge is 0.251 e. The lowest BCUT2D eigenvalue weighted by atomic mass is 10.1. The van der Waals surface area contributed by atoms with E-state index in [0.717, 1.165) is 24.2 Å². The molecular formula is C23H28N2O5S. The highest BCUT2D eigenvalue weighted by Crippen LogP contribution is 2.26. The van der Waals surface area contributed by atoms with Gasteiger partial charge in [0.1, 0.15) is 5.75 Å². The molecule has 1 N–H and O–H groups in total. The molecule has 1 aliphatic heterocycles. The number of amides is 1. The molecule has 2 aromatic rings. The lowest BCUT2D eigenvalue weighted by Gasteiger charge is -2.26. The molecule has 1 saturated carbocycles. The molecule has 1 heterocycles. The molecule has 0 bridgehead atoms. The summed E-state index contributed by atoms with van der Waals surface area (Å²) in [5.74, 6) is 0.549. The van der Waals surface area contributed by atoms with Crippen molar-refractivity contribution in [3.8, 4) is 5.75 Å². The van der Waals surface area contributed by atoms with Crippen LogP contribution in [0.3, 0.4) is 0 Å². The van der Waals surface area contributed by atoms with Crippen LogP contribution < -0.4 is 10.1 Å². The number of benzene rings is 2. The van der Waals surface area contributed by atoms with E-state index in [2.05, 4.69) is 5.32 Å². The van der Waals surface area contributed by atoms with Crippen LogP contribution in [0.1, 0.15) is 41.6 Å². The predicted octanol–water partition coefficient (Wildman–Crippen LogP) is 2.96. The van der Waals surface area contributed by atoms with Crippen molar-refractivity contribution in [2.24, 2.45) is 0 Å². The van der Waals surface area contributed by atoms with Crippen molar-refractivity contribution >= 4 is 15.9 Å². The Morgan fingerprint density at radius 1 is 1.03 bits per heavy atom. The molecular weight excluding hydrogens is 416 g/mol. The summed E-state index contributed by atoms with van der Waals surface area (Å²) >= 11 is 0. The number of para-hydroxylation sites is 1. The largest absolute Gasteiger partial charge is 0.490 e. The molecule has 0 atom stereocenters. The second-order valence-electron chi connectivity index (χ2n) is 7.86. The van der Waals surface area contributed by atoms with E-state index >= 15 is 0 Å². The van der Waals surface area contributed by atoms with Gasteiger partial charge in [-0.3, -0.25) is 4.79 Å². The van der Waals surface area contributed by atoms with Crippen LogP contribution in [0.4, 0.5) is 0 Å². The number of sulfonamides is 1. The SMILES string of the molecule is O=C(NCc1ccccc1OC1CCCC1)c1ccc(S(=O)(=O)N2CCOCC2)cc1. The summed E-state index contributed by atoms with van der Waals surface area (Å²) in [5, 5.41) is 2.91. The standard InChI is InChI=1S/C23H28N2O5S/c26-23(24-17-19-5-1-4-8-22(19)30-20-6-2-3-7-20)18-9-11-21(12-10-18)31(27,28)25-13-15-29-16-14-25/h1,4-5,8-12,20H,2-3,6-7,13-17H2,(H,24,26). The predicted molar refractivity (Wildman–Crippen MR) is 117 cm³/mol. The lowest BCUT2D eigenvalue weighted by Crippen LogP contribution is -2.40. The van der Waals surface area contributed by atoms with Crippen LogP contribution in [-0.4, -0.2) is 51.0 Å². The van der Waals surface area contributed by atoms with Crippen LogP contribution in [0.25, 0.3) is 0 Å². The molecule has 1 amide bonds. The molecule has 4 rings (SSSR count). The van der Waals surface area contributed by atoms with Gasteiger partial charge in [-0.15, -0.1) is 0 Å². The minimum Gasteiger partial charge on any atom is -0.490 e. The van der Waals surface area contributed by atoms with Gasteiger partial charge < -0.3 is 14.8 Å². The third kappa shape index (κ3) is 5.26. The second kappa shape index (κ2) is 9.80. The van der Waals surface area contributed by atoms with Gasteiger partial charge in [0.15, 0.2) is 0 Å². The summed E-state index contributed by atoms with van der Waals surface area (Å²) in [6.45, 7) is 1.81. The number of hydrogen-bond acceptors (Lipinski definition) is 5. The highest BCUT2D eigenvalue weighted by Gasteiger charge is 2.26. The van der Waals surface area contributed by atoms with Gasteiger partial charge in [-0.2, -0.15) is 4.31 Å². The van der Waals surface area contributed by atoms with E-state index in [1.54, 1.807) is 12.1 Å². The van der Waals surface area contributed by atoms with Crippen LogP contribution in [0, 0.1) is 0 Å². The number of ether oxygens (including phenoxy) is 2. The normalized spacial score (nSPS) is 18.1. The summed E-state index contributed by atoms with van der Waals surface area (Å²) < 4.78 is 38.2. The first-order valence-corrected chi connectivity index (χ1v) is 12.2. The zero-order valence-electron chi connectivity index (χ0n) is 17.5. The van der Waals surface area contributed by atoms with E-state index in [4.69, 9.17) is 9.47 Å². The molecule has 31 heavy (non-hydrogen) atoms. The van der Waals surface area contributed by atoms with Gasteiger partial charge in [0, 0.05) is 30.8 Å². The van der Waals surface area contributed by atoms with Gasteiger partial charge in [-0.05, 0) is 56.0 Å². The van der Waals surface area contributed by atoms with Crippen LogP contribution in [0.2, 0.25) is 0 Å². The highest BCUT2D eigenvalue weighted by atomic mass is 32.2. The number of nitrogens with zero attached hydrogens (tertiary/aromatic N) is 1. The quantitative estimate of drug-likeness (QED) is 0.710. The zero-order chi connectivity index (χ0) is 21.7. The Morgan fingerprint density at radius 3 is 2.42 bits per heavy atom. The van der Waals surface area contributed by atoms with E-state index in [9.17, 15) is 13.2 Å². The average molecular weight is 445 g/mol. The summed E-state index contributed by atoms with van der Waals surface area (Å²) in [5.41, 5.74) is 1.34. The Morgan fingerprint density at radius 2 is 1.71 bits per heavy atom. The number of rotatable bonds is 7. The molecule has 7 nitrogen and oxygen atoms in total. The first-order valence-electron chi connectivity index (χ1n) is 10.7. The monoisotopic (exact) mass is 444 g/mol. The van der Waals surface area contributed by atoms with Gasteiger partial charge in [-0.25, -0.2) is 8.42 Å². The zero-order valence-corrected chi connectivity index (χ0v) is 18.3. The Labute approximate surface area is 183 Å². The third-order valence-corrected chi connectivity index (χ3v) is 7.65. The van der Waals surface area contributed by atoms with Crippen molar-refractivity contribution in [2.45, 2.75) is 43.2 Å². The fraction of sp³-hybridized carbons (Fsp3) is 0.435. The number of hydrogen-bond donors (Lipinski definition) is 1. The van der Waals surface area contributed by atoms with Crippen molar-refractivity contribution in [2.75, 3.05) is 26.3 Å². The number of morpholine rings is 1. The van der Waals surface area contributed by atoms with Gasteiger partial charge in [0.05, 0.1) is 24.2 Å². The molecule has 1 saturated heterocycles. The minimum atomic E-state index is -3.57. The highest BCUT2D eigenvalue weighted by molar-refractivity contribution is 7.89. The Hall–Kier alpha value is -2.42. The third-order valence-electron chi connectivity index (χ3n) is 5.73. The molecule has 1 aliphatic carbocycles. The maximum absolute atomic E-state index is 12.7. The Balaban J connectivity index is 1.38. The van der Waals surface area contributed by atoms with Crippen LogP contribution in [0.5, 0.6) is 5.75 Å². The Bertz CT molecular complexity index is 995. The summed E-state index contributed by atoms with van der Waals surface area (Å²) in [6, 6.07) is 13.8. The van der Waals surface area contributed by atoms with Crippen molar-refractivity contribution < 1.29 is 22.7 Å². The van der Waals surface area contributed by atoms with Gasteiger partial charge in [0.2, 0.25) is 10.0 Å². The molecule has 0 unspecified atom stereocenters. The molecule has 0 spiro atoms. The molecule has 166 valence electrons. The van der Waals surface area contributed by atoms with Crippen LogP contribution >= 0.6 is 0 Å². The molecule has 2 aromatic carbocycles. The summed E-state index contributed by atoms with van der Waals surface area (Å²) in [4.78, 5) is 12.8. The van der Waals surface area contributed by atoms with Gasteiger partial charge in [-0.1, -0.05) is 18.2 Å². The van der Waals surface area contributed by atoms with Gasteiger partial charge >= 0.3 is 0 Å². The van der Waals surface area contributed by atoms with Crippen molar-refractivity contribution in [3.05, 3.63) is 59.7 Å². The first kappa shape index (κ1) is 21.8. The topological polar surface area (TPSA) is 84.9 Å². The van der Waals surface area contributed by atoms with Crippen LogP contribution in [-0.2, 0) is 21.3 Å². The van der Waals surface area contributed by atoms with E-state index in [0.29, 0.717) is 38.4 Å². The van der Waals surface area contributed by atoms with E-state index in [1.807, 2.05) is 24.3 Å². The van der Waals surface area contributed by atoms with E-state index in [-0.39, 0.29) is 16.9 Å². The minimum absolute atomic E-state index is 0.182.